The Labute approximate surface area is 129 Å². The van der Waals surface area contributed by atoms with Gasteiger partial charge in [0.05, 0.1) is 6.61 Å². The molecule has 2 aromatic carbocycles. The fourth-order valence-corrected chi connectivity index (χ4v) is 2.28. The van der Waals surface area contributed by atoms with Gasteiger partial charge >= 0.3 is 6.61 Å². The Hall–Kier alpha value is -1.66. The number of ether oxygens (including phenoxy) is 1. The number of rotatable bonds is 6. The second-order valence-corrected chi connectivity index (χ2v) is 5.26. The number of benzene rings is 2. The lowest BCUT2D eigenvalue weighted by Crippen LogP contribution is -2.07. The lowest BCUT2D eigenvalue weighted by Gasteiger charge is -2.13. The average molecular weight is 358 g/mol. The predicted molar refractivity (Wildman–Crippen MR) is 80.5 cm³/mol. The van der Waals surface area contributed by atoms with E-state index in [-0.39, 0.29) is 12.4 Å². The maximum absolute atomic E-state index is 12.4. The Bertz CT molecular complexity index is 608. The standard InChI is InChI=1S/C15H14BrF2NO2/c16-12-4-5-14(21-15(17)18)11(7-12)8-19-13-3-1-2-10(6-13)9-20/h1-7,15,19-20H,8-9H2. The van der Waals surface area contributed by atoms with Gasteiger partial charge in [-0.2, -0.15) is 8.78 Å². The first-order valence-electron chi connectivity index (χ1n) is 6.25. The van der Waals surface area contributed by atoms with Crippen molar-refractivity contribution in [2.24, 2.45) is 0 Å². The first-order valence-corrected chi connectivity index (χ1v) is 7.04. The van der Waals surface area contributed by atoms with Crippen LogP contribution in [-0.2, 0) is 13.2 Å². The minimum atomic E-state index is -2.86. The van der Waals surface area contributed by atoms with E-state index in [1.165, 1.54) is 6.07 Å². The highest BCUT2D eigenvalue weighted by Gasteiger charge is 2.10. The monoisotopic (exact) mass is 357 g/mol. The molecule has 0 saturated carbocycles. The molecule has 0 amide bonds. The highest BCUT2D eigenvalue weighted by molar-refractivity contribution is 9.10. The summed E-state index contributed by atoms with van der Waals surface area (Å²) in [6, 6.07) is 12.1. The van der Waals surface area contributed by atoms with Gasteiger partial charge in [-0.25, -0.2) is 0 Å². The smallest absolute Gasteiger partial charge is 0.387 e. The number of alkyl halides is 2. The molecular weight excluding hydrogens is 344 g/mol. The molecular formula is C15H14BrF2NO2. The minimum Gasteiger partial charge on any atom is -0.434 e. The molecule has 0 spiro atoms. The van der Waals surface area contributed by atoms with Crippen LogP contribution in [-0.4, -0.2) is 11.7 Å². The Balaban J connectivity index is 2.12. The number of halogens is 3. The van der Waals surface area contributed by atoms with Crippen molar-refractivity contribution >= 4 is 21.6 Å². The molecule has 0 bridgehead atoms. The van der Waals surface area contributed by atoms with Crippen molar-refractivity contribution in [1.82, 2.24) is 0 Å². The predicted octanol–water partition coefficient (Wildman–Crippen LogP) is 4.15. The number of nitrogens with one attached hydrogen (secondary N) is 1. The molecule has 0 aliphatic rings. The van der Waals surface area contributed by atoms with E-state index in [1.807, 2.05) is 12.1 Å². The molecule has 0 saturated heterocycles. The lowest BCUT2D eigenvalue weighted by atomic mass is 10.1. The van der Waals surface area contributed by atoms with E-state index in [2.05, 4.69) is 26.0 Å². The van der Waals surface area contributed by atoms with Crippen LogP contribution in [0.5, 0.6) is 5.75 Å². The van der Waals surface area contributed by atoms with Crippen LogP contribution in [0.1, 0.15) is 11.1 Å². The van der Waals surface area contributed by atoms with Crippen LogP contribution in [0.4, 0.5) is 14.5 Å². The molecule has 2 aromatic rings. The van der Waals surface area contributed by atoms with Crippen LogP contribution in [0.25, 0.3) is 0 Å². The van der Waals surface area contributed by atoms with E-state index >= 15 is 0 Å². The molecule has 0 atom stereocenters. The second-order valence-electron chi connectivity index (χ2n) is 4.34. The molecule has 2 N–H and O–H groups in total. The molecule has 112 valence electrons. The number of hydrogen-bond acceptors (Lipinski definition) is 3. The van der Waals surface area contributed by atoms with Crippen LogP contribution in [0.15, 0.2) is 46.9 Å². The number of aliphatic hydroxyl groups excluding tert-OH is 1. The average Bonchev–Trinajstić information content (AvgIpc) is 2.47. The van der Waals surface area contributed by atoms with Crippen LogP contribution in [0.3, 0.4) is 0 Å². The van der Waals surface area contributed by atoms with E-state index in [1.54, 1.807) is 24.3 Å². The van der Waals surface area contributed by atoms with Gasteiger partial charge in [-0.3, -0.25) is 0 Å². The van der Waals surface area contributed by atoms with Crippen molar-refractivity contribution in [2.75, 3.05) is 5.32 Å². The molecule has 0 unspecified atom stereocenters. The van der Waals surface area contributed by atoms with Gasteiger partial charge in [-0.05, 0) is 35.9 Å². The zero-order valence-corrected chi connectivity index (χ0v) is 12.6. The van der Waals surface area contributed by atoms with Crippen molar-refractivity contribution in [3.63, 3.8) is 0 Å². The van der Waals surface area contributed by atoms with Crippen LogP contribution in [0.2, 0.25) is 0 Å². The zero-order chi connectivity index (χ0) is 15.2. The quantitative estimate of drug-likeness (QED) is 0.815. The molecule has 6 heteroatoms. The summed E-state index contributed by atoms with van der Waals surface area (Å²) in [6.07, 6.45) is 0. The fourth-order valence-electron chi connectivity index (χ4n) is 1.87. The topological polar surface area (TPSA) is 41.5 Å². The molecule has 0 aliphatic heterocycles. The van der Waals surface area contributed by atoms with E-state index < -0.39 is 6.61 Å². The summed E-state index contributed by atoms with van der Waals surface area (Å²) in [4.78, 5) is 0. The largest absolute Gasteiger partial charge is 0.434 e. The van der Waals surface area contributed by atoms with Crippen LogP contribution < -0.4 is 10.1 Å². The van der Waals surface area contributed by atoms with Gasteiger partial charge in [0.1, 0.15) is 5.75 Å². The van der Waals surface area contributed by atoms with Crippen molar-refractivity contribution in [1.29, 1.82) is 0 Å². The molecule has 21 heavy (non-hydrogen) atoms. The van der Waals surface area contributed by atoms with Gasteiger partial charge in [-0.1, -0.05) is 28.1 Å². The normalized spacial score (nSPS) is 10.7. The first-order chi connectivity index (χ1) is 10.1. The van der Waals surface area contributed by atoms with E-state index in [4.69, 9.17) is 5.11 Å². The summed E-state index contributed by atoms with van der Waals surface area (Å²) < 4.78 is 30.0. The van der Waals surface area contributed by atoms with Gasteiger partial charge in [0, 0.05) is 22.3 Å². The van der Waals surface area contributed by atoms with Crippen molar-refractivity contribution < 1.29 is 18.6 Å². The third kappa shape index (κ3) is 4.68. The Kier molecular flexibility index (Phi) is 5.52. The Morgan fingerprint density at radius 1 is 1.19 bits per heavy atom. The van der Waals surface area contributed by atoms with Gasteiger partial charge in [0.25, 0.3) is 0 Å². The number of aliphatic hydroxyl groups is 1. The fraction of sp³-hybridized carbons (Fsp3) is 0.200. The third-order valence-corrected chi connectivity index (χ3v) is 3.32. The van der Waals surface area contributed by atoms with E-state index in [0.29, 0.717) is 12.1 Å². The number of anilines is 1. The Morgan fingerprint density at radius 2 is 2.00 bits per heavy atom. The SMILES string of the molecule is OCc1cccc(NCc2cc(Br)ccc2OC(F)F)c1. The lowest BCUT2D eigenvalue weighted by molar-refractivity contribution is -0.0504. The number of hydrogen-bond donors (Lipinski definition) is 2. The van der Waals surface area contributed by atoms with Gasteiger partial charge in [0.2, 0.25) is 0 Å². The molecule has 0 heterocycles. The van der Waals surface area contributed by atoms with Crippen molar-refractivity contribution in [2.45, 2.75) is 19.8 Å². The van der Waals surface area contributed by atoms with E-state index in [0.717, 1.165) is 15.7 Å². The summed E-state index contributed by atoms with van der Waals surface area (Å²) in [5, 5.41) is 12.2. The first kappa shape index (κ1) is 15.7. The van der Waals surface area contributed by atoms with Gasteiger partial charge in [0.15, 0.2) is 0 Å². The second kappa shape index (κ2) is 7.38. The summed E-state index contributed by atoms with van der Waals surface area (Å²) in [7, 11) is 0. The third-order valence-electron chi connectivity index (χ3n) is 2.83. The Morgan fingerprint density at radius 3 is 2.71 bits per heavy atom. The van der Waals surface area contributed by atoms with Crippen molar-refractivity contribution in [3.8, 4) is 5.75 Å². The highest BCUT2D eigenvalue weighted by Crippen LogP contribution is 2.26. The highest BCUT2D eigenvalue weighted by atomic mass is 79.9. The summed E-state index contributed by atoms with van der Waals surface area (Å²) in [6.45, 7) is -2.58. The maximum atomic E-state index is 12.4. The minimum absolute atomic E-state index is 0.0495. The van der Waals surface area contributed by atoms with Crippen LogP contribution in [0, 0.1) is 0 Å². The molecule has 0 fully saturated rings. The summed E-state index contributed by atoms with van der Waals surface area (Å²) >= 11 is 3.31. The molecule has 0 aliphatic carbocycles. The summed E-state index contributed by atoms with van der Waals surface area (Å²) in [5.74, 6) is 0.138. The van der Waals surface area contributed by atoms with Crippen molar-refractivity contribution in [3.05, 3.63) is 58.1 Å². The molecule has 0 aromatic heterocycles. The molecule has 3 nitrogen and oxygen atoms in total. The zero-order valence-electron chi connectivity index (χ0n) is 11.0. The van der Waals surface area contributed by atoms with Gasteiger partial charge in [-0.15, -0.1) is 0 Å². The molecule has 0 radical (unpaired) electrons. The van der Waals surface area contributed by atoms with Gasteiger partial charge < -0.3 is 15.2 Å². The molecule has 2 rings (SSSR count). The maximum Gasteiger partial charge on any atom is 0.387 e. The van der Waals surface area contributed by atoms with Crippen LogP contribution >= 0.6 is 15.9 Å². The van der Waals surface area contributed by atoms with E-state index in [9.17, 15) is 8.78 Å². The summed E-state index contributed by atoms with van der Waals surface area (Å²) in [5.41, 5.74) is 2.18.